The predicted molar refractivity (Wildman–Crippen MR) is 208 cm³/mol. The number of amides is 2. The molecule has 9 heteroatoms. The Labute approximate surface area is 319 Å². The average molecular weight is 743 g/mol. The van der Waals surface area contributed by atoms with E-state index in [1.165, 1.54) is 0 Å². The Kier molecular flexibility index (Phi) is 15.5. The van der Waals surface area contributed by atoms with Gasteiger partial charge in [-0.05, 0) is 79.7 Å². The number of carbonyl (C=O) groups is 5. The van der Waals surface area contributed by atoms with Gasteiger partial charge in [0.25, 0.3) is 0 Å². The largest absolute Gasteiger partial charge is 0.361 e. The lowest BCUT2D eigenvalue weighted by atomic mass is 9.87. The van der Waals surface area contributed by atoms with Crippen LogP contribution in [0.2, 0.25) is 5.02 Å². The lowest BCUT2D eigenvalue weighted by molar-refractivity contribution is -0.135. The van der Waals surface area contributed by atoms with Crippen molar-refractivity contribution in [3.8, 4) is 0 Å². The molecule has 0 saturated carbocycles. The Balaban J connectivity index is 1.53. The van der Waals surface area contributed by atoms with Gasteiger partial charge in [0.05, 0.1) is 18.7 Å². The zero-order chi connectivity index (χ0) is 38.5. The topological polar surface area (TPSA) is 122 Å². The molecule has 3 aromatic carbocycles. The van der Waals surface area contributed by atoms with E-state index in [1.54, 1.807) is 31.2 Å². The Hall–Kier alpha value is -4.14. The summed E-state index contributed by atoms with van der Waals surface area (Å²) in [7, 11) is 0. The van der Waals surface area contributed by atoms with Gasteiger partial charge in [-0.15, -0.1) is 0 Å². The van der Waals surface area contributed by atoms with Crippen molar-refractivity contribution in [3.05, 3.63) is 107 Å². The van der Waals surface area contributed by atoms with Gasteiger partial charge in [0.15, 0.2) is 11.6 Å². The van der Waals surface area contributed by atoms with E-state index in [1.807, 2.05) is 88.4 Å². The maximum absolute atomic E-state index is 14.2. The van der Waals surface area contributed by atoms with Crippen LogP contribution in [0.1, 0.15) is 83.4 Å². The highest BCUT2D eigenvalue weighted by atomic mass is 35.5. The molecular weight excluding hydrogens is 688 g/mol. The lowest BCUT2D eigenvalue weighted by Gasteiger charge is -2.27. The third-order valence-electron chi connectivity index (χ3n) is 9.78. The molecule has 1 saturated heterocycles. The molecule has 1 aliphatic rings. The Morgan fingerprint density at radius 2 is 1.23 bits per heavy atom. The lowest BCUT2D eigenvalue weighted by Crippen LogP contribution is -2.50. The number of epoxide rings is 1. The summed E-state index contributed by atoms with van der Waals surface area (Å²) < 4.78 is 5.43. The highest BCUT2D eigenvalue weighted by Crippen LogP contribution is 2.30. The summed E-state index contributed by atoms with van der Waals surface area (Å²) in [6.07, 6.45) is 2.20. The van der Waals surface area contributed by atoms with E-state index in [4.69, 9.17) is 16.3 Å². The number of halogens is 1. The maximum atomic E-state index is 14.2. The van der Waals surface area contributed by atoms with Crippen LogP contribution in [0.3, 0.4) is 0 Å². The summed E-state index contributed by atoms with van der Waals surface area (Å²) >= 11 is 6.04. The van der Waals surface area contributed by atoms with Crippen LogP contribution in [-0.4, -0.2) is 53.5 Å². The molecule has 0 spiro atoms. The number of Topliss-reactive ketones (excluding diaryl/α,β-unsaturated/α-hetero) is 3. The van der Waals surface area contributed by atoms with Crippen LogP contribution >= 0.6 is 11.6 Å². The van der Waals surface area contributed by atoms with Crippen LogP contribution in [0.4, 0.5) is 0 Å². The van der Waals surface area contributed by atoms with Gasteiger partial charge in [0.2, 0.25) is 11.8 Å². The van der Waals surface area contributed by atoms with E-state index in [0.717, 1.165) is 16.7 Å². The van der Waals surface area contributed by atoms with Crippen LogP contribution in [-0.2, 0) is 48.0 Å². The number of aryl methyl sites for hydroxylation is 1. The molecule has 3 aromatic rings. The van der Waals surface area contributed by atoms with Crippen LogP contribution in [0.15, 0.2) is 84.9 Å². The van der Waals surface area contributed by atoms with Crippen molar-refractivity contribution >= 4 is 40.8 Å². The fourth-order valence-electron chi connectivity index (χ4n) is 6.67. The minimum Gasteiger partial charge on any atom is -0.361 e. The van der Waals surface area contributed by atoms with Crippen molar-refractivity contribution in [1.82, 2.24) is 10.6 Å². The van der Waals surface area contributed by atoms with Crippen LogP contribution in [0.5, 0.6) is 0 Å². The average Bonchev–Trinajstić information content (AvgIpc) is 3.88. The summed E-state index contributed by atoms with van der Waals surface area (Å²) in [5, 5.41) is 6.59. The molecule has 0 radical (unpaired) electrons. The minimum atomic E-state index is -0.905. The molecule has 2 N–H and O–H groups in total. The van der Waals surface area contributed by atoms with Gasteiger partial charge in [0.1, 0.15) is 11.4 Å². The monoisotopic (exact) mass is 742 g/mol. The predicted octanol–water partition coefficient (Wildman–Crippen LogP) is 7.33. The molecule has 53 heavy (non-hydrogen) atoms. The van der Waals surface area contributed by atoms with Crippen LogP contribution in [0.25, 0.3) is 0 Å². The Bertz CT molecular complexity index is 1670. The smallest absolute Gasteiger partial charge is 0.224 e. The number of carbonyl (C=O) groups excluding carboxylic acids is 5. The highest BCUT2D eigenvalue weighted by Gasteiger charge is 2.50. The first-order valence-corrected chi connectivity index (χ1v) is 19.3. The molecule has 0 bridgehead atoms. The fraction of sp³-hybridized carbons (Fsp3) is 0.477. The first-order valence-electron chi connectivity index (χ1n) is 18.9. The third-order valence-corrected chi connectivity index (χ3v) is 10.0. The first-order chi connectivity index (χ1) is 25.2. The van der Waals surface area contributed by atoms with E-state index in [2.05, 4.69) is 10.6 Å². The molecular formula is C44H55ClN2O6. The molecule has 2 amide bonds. The van der Waals surface area contributed by atoms with Gasteiger partial charge in [0, 0.05) is 36.1 Å². The number of ether oxygens (including phenoxy) is 1. The summed E-state index contributed by atoms with van der Waals surface area (Å²) in [5.74, 6) is -2.48. The number of nitrogens with one attached hydrogen (secondary N) is 2. The van der Waals surface area contributed by atoms with E-state index in [0.29, 0.717) is 37.3 Å². The number of rotatable bonds is 22. The molecule has 8 nitrogen and oxygen atoms in total. The number of ketones is 3. The van der Waals surface area contributed by atoms with Gasteiger partial charge in [-0.3, -0.25) is 24.0 Å². The molecule has 1 aliphatic heterocycles. The van der Waals surface area contributed by atoms with E-state index >= 15 is 0 Å². The fourth-order valence-corrected chi connectivity index (χ4v) is 6.80. The summed E-state index contributed by atoms with van der Waals surface area (Å²) in [6.45, 7) is 9.99. The zero-order valence-electron chi connectivity index (χ0n) is 31.7. The maximum Gasteiger partial charge on any atom is 0.224 e. The zero-order valence-corrected chi connectivity index (χ0v) is 32.5. The molecule has 0 aromatic heterocycles. The van der Waals surface area contributed by atoms with Crippen molar-refractivity contribution in [2.75, 3.05) is 6.61 Å². The molecule has 4 rings (SSSR count). The number of hydrogen-bond acceptors (Lipinski definition) is 6. The second-order valence-electron chi connectivity index (χ2n) is 15.6. The van der Waals surface area contributed by atoms with Gasteiger partial charge >= 0.3 is 0 Å². The molecule has 284 valence electrons. The quantitative estimate of drug-likeness (QED) is 0.104. The van der Waals surface area contributed by atoms with E-state index in [-0.39, 0.29) is 66.7 Å². The van der Waals surface area contributed by atoms with Crippen molar-refractivity contribution < 1.29 is 28.7 Å². The molecule has 1 unspecified atom stereocenters. The Morgan fingerprint density at radius 3 is 1.79 bits per heavy atom. The minimum absolute atomic E-state index is 0.0246. The van der Waals surface area contributed by atoms with E-state index < -0.39 is 29.5 Å². The van der Waals surface area contributed by atoms with Crippen LogP contribution < -0.4 is 10.6 Å². The third kappa shape index (κ3) is 13.7. The summed E-state index contributed by atoms with van der Waals surface area (Å²) in [4.78, 5) is 69.0. The van der Waals surface area contributed by atoms with E-state index in [9.17, 15) is 24.0 Å². The number of benzene rings is 3. The van der Waals surface area contributed by atoms with Crippen LogP contribution in [0, 0.1) is 23.7 Å². The van der Waals surface area contributed by atoms with Crippen molar-refractivity contribution in [2.45, 2.75) is 104 Å². The van der Waals surface area contributed by atoms with Crippen molar-refractivity contribution in [1.29, 1.82) is 0 Å². The first kappa shape index (κ1) is 41.6. The van der Waals surface area contributed by atoms with Gasteiger partial charge < -0.3 is 15.4 Å². The summed E-state index contributed by atoms with van der Waals surface area (Å²) in [6, 6.07) is 24.8. The molecule has 5 atom stereocenters. The molecule has 1 fully saturated rings. The molecule has 0 aliphatic carbocycles. The SMILES string of the molecule is CC(C)C[C@H](NC(=O)C(CCc1ccccc1)CC(=O)Cc1ccc(Cl)cc1)C(=O)C[C@@H](Cc1ccccc1)C(=O)N[C@@H](CC(C)C)C(=O)[C@@]1(C)CO1. The second-order valence-corrected chi connectivity index (χ2v) is 16.0. The number of hydrogen-bond donors (Lipinski definition) is 2. The highest BCUT2D eigenvalue weighted by molar-refractivity contribution is 6.30. The normalized spacial score (nSPS) is 17.4. The standard InChI is InChI=1S/C44H55ClN2O6/c1-29(2)22-38(46-42(51)34(19-16-31-12-8-6-9-13-31)26-37(48)25-33-17-20-36(45)21-18-33)40(49)27-35(24-32-14-10-7-11-15-32)43(52)47-39(23-30(3)4)41(50)44(5)28-53-44/h6-15,17-18,20-21,29-30,34-35,38-39H,16,19,22-28H2,1-5H3,(H,46,51)(H,47,52)/t34?,35-,38+,39+,44-/m1/s1. The Morgan fingerprint density at radius 1 is 0.698 bits per heavy atom. The van der Waals surface area contributed by atoms with Gasteiger partial charge in [-0.25, -0.2) is 0 Å². The van der Waals surface area contributed by atoms with Crippen molar-refractivity contribution in [2.24, 2.45) is 23.7 Å². The van der Waals surface area contributed by atoms with Gasteiger partial charge in [-0.2, -0.15) is 0 Å². The summed E-state index contributed by atoms with van der Waals surface area (Å²) in [5.41, 5.74) is 1.84. The molecule has 1 heterocycles. The van der Waals surface area contributed by atoms with Crippen molar-refractivity contribution in [3.63, 3.8) is 0 Å². The second kappa shape index (κ2) is 19.8. The van der Waals surface area contributed by atoms with Gasteiger partial charge in [-0.1, -0.05) is 112 Å².